The Morgan fingerprint density at radius 3 is 2.57 bits per heavy atom. The molecular formula is C15H22N2O4. The van der Waals surface area contributed by atoms with Gasteiger partial charge in [0.1, 0.15) is 13.2 Å². The van der Waals surface area contributed by atoms with Crippen molar-refractivity contribution in [2.45, 2.75) is 19.6 Å². The molecule has 0 aliphatic carbocycles. The average Bonchev–Trinajstić information content (AvgIpc) is 2.51. The number of carbonyl (C=O) groups is 2. The summed E-state index contributed by atoms with van der Waals surface area (Å²) in [6.07, 6.45) is -0.611. The summed E-state index contributed by atoms with van der Waals surface area (Å²) in [5.74, 6) is -0.198. The van der Waals surface area contributed by atoms with E-state index in [4.69, 9.17) is 9.47 Å². The zero-order valence-corrected chi connectivity index (χ0v) is 12.7. The summed E-state index contributed by atoms with van der Waals surface area (Å²) in [7, 11) is 3.25. The van der Waals surface area contributed by atoms with Crippen LogP contribution in [0.4, 0.5) is 4.79 Å². The van der Waals surface area contributed by atoms with Crippen molar-refractivity contribution in [2.24, 2.45) is 0 Å². The number of benzene rings is 1. The lowest BCUT2D eigenvalue weighted by molar-refractivity contribution is -0.131. The Bertz CT molecular complexity index is 450. The van der Waals surface area contributed by atoms with Crippen molar-refractivity contribution in [2.75, 3.05) is 27.3 Å². The quantitative estimate of drug-likeness (QED) is 0.825. The molecule has 1 aromatic carbocycles. The predicted octanol–water partition coefficient (Wildman–Crippen LogP) is 1.41. The molecular weight excluding hydrogens is 272 g/mol. The van der Waals surface area contributed by atoms with Gasteiger partial charge in [-0.1, -0.05) is 30.3 Å². The number of methoxy groups -OCH3 is 1. The van der Waals surface area contributed by atoms with Gasteiger partial charge in [-0.3, -0.25) is 4.79 Å². The molecule has 1 rings (SSSR count). The lowest BCUT2D eigenvalue weighted by Gasteiger charge is -2.24. The fourth-order valence-electron chi connectivity index (χ4n) is 1.65. The van der Waals surface area contributed by atoms with E-state index in [-0.39, 0.29) is 25.1 Å². The van der Waals surface area contributed by atoms with E-state index in [1.807, 2.05) is 37.3 Å². The molecule has 0 bridgehead atoms. The Balaban J connectivity index is 2.27. The SMILES string of the molecule is COC[C@@H](C)N(C)C(=O)CNC(=O)OCc1ccccc1. The van der Waals surface area contributed by atoms with Crippen molar-refractivity contribution >= 4 is 12.0 Å². The Hall–Kier alpha value is -2.08. The first-order chi connectivity index (χ1) is 10.0. The molecule has 1 N–H and O–H groups in total. The van der Waals surface area contributed by atoms with E-state index in [0.29, 0.717) is 6.61 Å². The van der Waals surface area contributed by atoms with Crippen LogP contribution in [-0.2, 0) is 20.9 Å². The normalized spacial score (nSPS) is 11.6. The maximum absolute atomic E-state index is 11.8. The summed E-state index contributed by atoms with van der Waals surface area (Å²) in [6.45, 7) is 2.39. The van der Waals surface area contributed by atoms with Crippen LogP contribution in [0.15, 0.2) is 30.3 Å². The molecule has 0 saturated carbocycles. The van der Waals surface area contributed by atoms with E-state index in [0.717, 1.165) is 5.56 Å². The van der Waals surface area contributed by atoms with Gasteiger partial charge >= 0.3 is 6.09 Å². The van der Waals surface area contributed by atoms with E-state index < -0.39 is 6.09 Å². The highest BCUT2D eigenvalue weighted by atomic mass is 16.5. The third kappa shape index (κ3) is 6.27. The van der Waals surface area contributed by atoms with Crippen LogP contribution in [0.3, 0.4) is 0 Å². The zero-order valence-electron chi connectivity index (χ0n) is 12.7. The predicted molar refractivity (Wildman–Crippen MR) is 78.7 cm³/mol. The van der Waals surface area contributed by atoms with Crippen molar-refractivity contribution in [3.05, 3.63) is 35.9 Å². The van der Waals surface area contributed by atoms with E-state index in [1.54, 1.807) is 14.2 Å². The molecule has 2 amide bonds. The Morgan fingerprint density at radius 1 is 1.29 bits per heavy atom. The van der Waals surface area contributed by atoms with E-state index in [2.05, 4.69) is 5.32 Å². The Labute approximate surface area is 125 Å². The van der Waals surface area contributed by atoms with Gasteiger partial charge in [0.25, 0.3) is 0 Å². The summed E-state index contributed by atoms with van der Waals surface area (Å²) >= 11 is 0. The molecule has 0 heterocycles. The van der Waals surface area contributed by atoms with E-state index >= 15 is 0 Å². The molecule has 1 atom stereocenters. The fourth-order valence-corrected chi connectivity index (χ4v) is 1.65. The fraction of sp³-hybridized carbons (Fsp3) is 0.467. The molecule has 6 heteroatoms. The van der Waals surface area contributed by atoms with Crippen LogP contribution in [0.25, 0.3) is 0 Å². The molecule has 21 heavy (non-hydrogen) atoms. The van der Waals surface area contributed by atoms with Crippen LogP contribution in [0.2, 0.25) is 0 Å². The van der Waals surface area contributed by atoms with Crippen LogP contribution in [-0.4, -0.2) is 50.3 Å². The monoisotopic (exact) mass is 294 g/mol. The van der Waals surface area contributed by atoms with Gasteiger partial charge in [0, 0.05) is 14.2 Å². The summed E-state index contributed by atoms with van der Waals surface area (Å²) < 4.78 is 10.0. The van der Waals surface area contributed by atoms with E-state index in [1.165, 1.54) is 4.90 Å². The molecule has 0 radical (unpaired) electrons. The Kier molecular flexibility index (Phi) is 7.25. The van der Waals surface area contributed by atoms with Crippen LogP contribution in [0.1, 0.15) is 12.5 Å². The van der Waals surface area contributed by atoms with E-state index in [9.17, 15) is 9.59 Å². The molecule has 6 nitrogen and oxygen atoms in total. The molecule has 0 aliphatic rings. The number of rotatable bonds is 7. The van der Waals surface area contributed by atoms with Crippen molar-refractivity contribution in [1.29, 1.82) is 0 Å². The zero-order chi connectivity index (χ0) is 15.7. The number of amides is 2. The van der Waals surface area contributed by atoms with Crippen LogP contribution in [0, 0.1) is 0 Å². The number of nitrogens with zero attached hydrogens (tertiary/aromatic N) is 1. The van der Waals surface area contributed by atoms with Gasteiger partial charge in [0.2, 0.25) is 5.91 Å². The van der Waals surface area contributed by atoms with Crippen LogP contribution >= 0.6 is 0 Å². The average molecular weight is 294 g/mol. The maximum atomic E-state index is 11.8. The van der Waals surface area contributed by atoms with Crippen LogP contribution in [0.5, 0.6) is 0 Å². The van der Waals surface area contributed by atoms with Crippen LogP contribution < -0.4 is 5.32 Å². The van der Waals surface area contributed by atoms with Gasteiger partial charge < -0.3 is 19.7 Å². The number of hydrogen-bond acceptors (Lipinski definition) is 4. The number of carbonyl (C=O) groups excluding carboxylic acids is 2. The molecule has 0 unspecified atom stereocenters. The Morgan fingerprint density at radius 2 is 1.95 bits per heavy atom. The summed E-state index contributed by atoms with van der Waals surface area (Å²) in [4.78, 5) is 24.9. The van der Waals surface area contributed by atoms with Gasteiger partial charge in [-0.25, -0.2) is 4.79 Å². The molecule has 116 valence electrons. The largest absolute Gasteiger partial charge is 0.445 e. The minimum absolute atomic E-state index is 0.0513. The minimum atomic E-state index is -0.611. The smallest absolute Gasteiger partial charge is 0.407 e. The van der Waals surface area contributed by atoms with Crippen molar-refractivity contribution in [1.82, 2.24) is 10.2 Å². The second-order valence-corrected chi connectivity index (χ2v) is 4.72. The molecule has 0 spiro atoms. The van der Waals surface area contributed by atoms with Gasteiger partial charge in [0.05, 0.1) is 12.6 Å². The number of likely N-dealkylation sites (N-methyl/N-ethyl adjacent to an activating group) is 1. The summed E-state index contributed by atoms with van der Waals surface area (Å²) in [6, 6.07) is 9.29. The lowest BCUT2D eigenvalue weighted by atomic mass is 10.2. The van der Waals surface area contributed by atoms with Gasteiger partial charge in [0.15, 0.2) is 0 Å². The highest BCUT2D eigenvalue weighted by Crippen LogP contribution is 2.00. The topological polar surface area (TPSA) is 67.9 Å². The van der Waals surface area contributed by atoms with Crippen molar-refractivity contribution in [3.63, 3.8) is 0 Å². The molecule has 0 saturated heterocycles. The third-order valence-corrected chi connectivity index (χ3v) is 3.06. The maximum Gasteiger partial charge on any atom is 0.407 e. The lowest BCUT2D eigenvalue weighted by Crippen LogP contribution is -2.43. The summed E-state index contributed by atoms with van der Waals surface area (Å²) in [5.41, 5.74) is 0.893. The van der Waals surface area contributed by atoms with Gasteiger partial charge in [-0.2, -0.15) is 0 Å². The third-order valence-electron chi connectivity index (χ3n) is 3.06. The number of alkyl carbamates (subject to hydrolysis) is 1. The first kappa shape index (κ1) is 17.0. The molecule has 1 aromatic rings. The number of ether oxygens (including phenoxy) is 2. The highest BCUT2D eigenvalue weighted by Gasteiger charge is 2.16. The highest BCUT2D eigenvalue weighted by molar-refractivity contribution is 5.82. The number of hydrogen-bond donors (Lipinski definition) is 1. The van der Waals surface area contributed by atoms with Crippen molar-refractivity contribution in [3.8, 4) is 0 Å². The second kappa shape index (κ2) is 8.97. The molecule has 0 aromatic heterocycles. The molecule has 0 fully saturated rings. The summed E-state index contributed by atoms with van der Waals surface area (Å²) in [5, 5.41) is 2.44. The molecule has 0 aliphatic heterocycles. The first-order valence-electron chi connectivity index (χ1n) is 6.73. The standard InChI is InChI=1S/C15H22N2O4/c1-12(10-20-3)17(2)14(18)9-16-15(19)21-11-13-7-5-4-6-8-13/h4-8,12H,9-11H2,1-3H3,(H,16,19)/t12-/m1/s1. The second-order valence-electron chi connectivity index (χ2n) is 4.72. The first-order valence-corrected chi connectivity index (χ1v) is 6.73. The minimum Gasteiger partial charge on any atom is -0.445 e. The van der Waals surface area contributed by atoms with Gasteiger partial charge in [-0.15, -0.1) is 0 Å². The van der Waals surface area contributed by atoms with Gasteiger partial charge in [-0.05, 0) is 12.5 Å². The number of nitrogens with one attached hydrogen (secondary N) is 1. The van der Waals surface area contributed by atoms with Crippen molar-refractivity contribution < 1.29 is 19.1 Å².